The molecule has 1 aliphatic carbocycles. The van der Waals surface area contributed by atoms with Gasteiger partial charge in [0, 0.05) is 18.4 Å². The molecule has 1 heterocycles. The molecular formula is C16H20N2O2. The van der Waals surface area contributed by atoms with Crippen molar-refractivity contribution in [1.29, 1.82) is 0 Å². The van der Waals surface area contributed by atoms with Crippen molar-refractivity contribution in [3.63, 3.8) is 0 Å². The number of carbonyl (C=O) groups excluding carboxylic acids is 1. The van der Waals surface area contributed by atoms with Crippen molar-refractivity contribution < 1.29 is 9.90 Å². The lowest BCUT2D eigenvalue weighted by Crippen LogP contribution is -2.34. The molecule has 4 nitrogen and oxygen atoms in total. The Morgan fingerprint density at radius 1 is 1.35 bits per heavy atom. The Bertz CT molecular complexity index is 509. The predicted molar refractivity (Wildman–Crippen MR) is 77.2 cm³/mol. The molecule has 0 aromatic carbocycles. The molecule has 1 aliphatic rings. The van der Waals surface area contributed by atoms with E-state index in [0.717, 1.165) is 12.8 Å². The van der Waals surface area contributed by atoms with Gasteiger partial charge in [-0.3, -0.25) is 9.78 Å². The minimum absolute atomic E-state index is 0.0958. The Morgan fingerprint density at radius 2 is 2.10 bits per heavy atom. The quantitative estimate of drug-likeness (QED) is 0.638. The molecule has 1 fully saturated rings. The van der Waals surface area contributed by atoms with Gasteiger partial charge in [0.1, 0.15) is 6.61 Å². The highest BCUT2D eigenvalue weighted by Crippen LogP contribution is 2.18. The van der Waals surface area contributed by atoms with Crippen LogP contribution in [0.3, 0.4) is 0 Å². The van der Waals surface area contributed by atoms with Gasteiger partial charge in [-0.2, -0.15) is 0 Å². The van der Waals surface area contributed by atoms with Crippen molar-refractivity contribution in [2.75, 3.05) is 6.61 Å². The van der Waals surface area contributed by atoms with E-state index >= 15 is 0 Å². The maximum absolute atomic E-state index is 12.3. The van der Waals surface area contributed by atoms with E-state index < -0.39 is 0 Å². The normalized spacial score (nSPS) is 15.8. The van der Waals surface area contributed by atoms with E-state index in [1.165, 1.54) is 25.7 Å². The molecule has 1 aromatic heterocycles. The Labute approximate surface area is 119 Å². The number of pyridine rings is 1. The molecule has 0 spiro atoms. The van der Waals surface area contributed by atoms with Gasteiger partial charge >= 0.3 is 0 Å². The van der Waals surface area contributed by atoms with Gasteiger partial charge in [0.15, 0.2) is 0 Å². The zero-order chi connectivity index (χ0) is 14.2. The van der Waals surface area contributed by atoms with Crippen LogP contribution < -0.4 is 5.32 Å². The number of nitrogens with zero attached hydrogens (tertiary/aromatic N) is 1. The van der Waals surface area contributed by atoms with Gasteiger partial charge < -0.3 is 10.4 Å². The molecule has 0 saturated heterocycles. The summed E-state index contributed by atoms with van der Waals surface area (Å²) >= 11 is 0. The van der Waals surface area contributed by atoms with Gasteiger partial charge in [-0.15, -0.1) is 0 Å². The van der Waals surface area contributed by atoms with Gasteiger partial charge in [0.05, 0.1) is 11.1 Å². The molecule has 2 rings (SSSR count). The number of carbonyl (C=O) groups is 1. The SMILES string of the molecule is O=C(NC1CCCCCC1)c1ccncc1C#CCO. The molecule has 1 saturated carbocycles. The third-order valence-electron chi connectivity index (χ3n) is 3.56. The van der Waals surface area contributed by atoms with Gasteiger partial charge in [-0.1, -0.05) is 37.5 Å². The van der Waals surface area contributed by atoms with Crippen molar-refractivity contribution in [3.8, 4) is 11.8 Å². The van der Waals surface area contributed by atoms with E-state index in [1.807, 2.05) is 0 Å². The summed E-state index contributed by atoms with van der Waals surface area (Å²) in [4.78, 5) is 16.3. The molecule has 0 bridgehead atoms. The lowest BCUT2D eigenvalue weighted by atomic mass is 10.1. The van der Waals surface area contributed by atoms with E-state index in [4.69, 9.17) is 5.11 Å². The largest absolute Gasteiger partial charge is 0.384 e. The number of aliphatic hydroxyl groups is 1. The van der Waals surface area contributed by atoms with Crippen LogP contribution in [0, 0.1) is 11.8 Å². The Hall–Kier alpha value is -1.86. The number of aromatic nitrogens is 1. The first-order valence-corrected chi connectivity index (χ1v) is 7.16. The van der Waals surface area contributed by atoms with Crippen LogP contribution >= 0.6 is 0 Å². The van der Waals surface area contributed by atoms with Gasteiger partial charge in [-0.25, -0.2) is 0 Å². The summed E-state index contributed by atoms with van der Waals surface area (Å²) in [5.41, 5.74) is 1.10. The second kappa shape index (κ2) is 7.66. The summed E-state index contributed by atoms with van der Waals surface area (Å²) in [6.07, 6.45) is 10.1. The fraction of sp³-hybridized carbons (Fsp3) is 0.500. The van der Waals surface area contributed by atoms with Crippen molar-refractivity contribution in [1.82, 2.24) is 10.3 Å². The van der Waals surface area contributed by atoms with E-state index in [-0.39, 0.29) is 18.6 Å². The van der Waals surface area contributed by atoms with Crippen molar-refractivity contribution in [2.45, 2.75) is 44.6 Å². The molecule has 20 heavy (non-hydrogen) atoms. The molecule has 2 N–H and O–H groups in total. The van der Waals surface area contributed by atoms with E-state index in [2.05, 4.69) is 22.1 Å². The van der Waals surface area contributed by atoms with Crippen LogP contribution in [0.15, 0.2) is 18.5 Å². The minimum atomic E-state index is -0.224. The maximum atomic E-state index is 12.3. The van der Waals surface area contributed by atoms with Gasteiger partial charge in [0.25, 0.3) is 5.91 Å². The van der Waals surface area contributed by atoms with Crippen molar-refractivity contribution in [2.24, 2.45) is 0 Å². The predicted octanol–water partition coefficient (Wildman–Crippen LogP) is 1.88. The Morgan fingerprint density at radius 3 is 2.80 bits per heavy atom. The first-order chi connectivity index (χ1) is 9.81. The van der Waals surface area contributed by atoms with E-state index in [1.54, 1.807) is 18.5 Å². The standard InChI is InChI=1S/C16H20N2O2/c19-11-5-6-13-12-17-10-9-15(13)16(20)18-14-7-3-1-2-4-8-14/h9-10,12,14,19H,1-4,7-8,11H2,(H,18,20). The van der Waals surface area contributed by atoms with Crippen LogP contribution in [0.2, 0.25) is 0 Å². The molecule has 106 valence electrons. The van der Waals surface area contributed by atoms with Crippen LogP contribution in [0.4, 0.5) is 0 Å². The first kappa shape index (κ1) is 14.5. The summed E-state index contributed by atoms with van der Waals surface area (Å²) < 4.78 is 0. The van der Waals surface area contributed by atoms with Crippen molar-refractivity contribution >= 4 is 5.91 Å². The zero-order valence-corrected chi connectivity index (χ0v) is 11.6. The van der Waals surface area contributed by atoms with Crippen LogP contribution in [-0.4, -0.2) is 28.6 Å². The fourth-order valence-electron chi connectivity index (χ4n) is 2.51. The molecule has 0 radical (unpaired) electrons. The highest BCUT2D eigenvalue weighted by Gasteiger charge is 2.17. The molecule has 0 unspecified atom stereocenters. The Kier molecular flexibility index (Phi) is 5.57. The van der Waals surface area contributed by atoms with Crippen LogP contribution in [0.1, 0.15) is 54.4 Å². The third-order valence-corrected chi connectivity index (χ3v) is 3.56. The summed E-state index contributed by atoms with van der Waals surface area (Å²) in [6.45, 7) is -0.224. The summed E-state index contributed by atoms with van der Waals surface area (Å²) in [5.74, 6) is 5.23. The maximum Gasteiger partial charge on any atom is 0.252 e. The second-order valence-corrected chi connectivity index (χ2v) is 5.04. The molecule has 0 atom stereocenters. The van der Waals surface area contributed by atoms with Gasteiger partial charge in [-0.05, 0) is 18.9 Å². The highest BCUT2D eigenvalue weighted by atomic mass is 16.2. The number of hydrogen-bond acceptors (Lipinski definition) is 3. The Balaban J connectivity index is 2.08. The molecule has 1 aromatic rings. The smallest absolute Gasteiger partial charge is 0.252 e. The first-order valence-electron chi connectivity index (χ1n) is 7.16. The zero-order valence-electron chi connectivity index (χ0n) is 11.6. The summed E-state index contributed by atoms with van der Waals surface area (Å²) in [6, 6.07) is 1.93. The highest BCUT2D eigenvalue weighted by molar-refractivity contribution is 5.96. The second-order valence-electron chi connectivity index (χ2n) is 5.04. The number of aliphatic hydroxyl groups excluding tert-OH is 1. The lowest BCUT2D eigenvalue weighted by molar-refractivity contribution is 0.0933. The molecule has 1 amide bonds. The molecule has 0 aliphatic heterocycles. The fourth-order valence-corrected chi connectivity index (χ4v) is 2.51. The average Bonchev–Trinajstić information content (AvgIpc) is 2.74. The summed E-state index contributed by atoms with van der Waals surface area (Å²) in [7, 11) is 0. The number of hydrogen-bond donors (Lipinski definition) is 2. The van der Waals surface area contributed by atoms with Crippen molar-refractivity contribution in [3.05, 3.63) is 29.6 Å². The molecule has 4 heteroatoms. The minimum Gasteiger partial charge on any atom is -0.384 e. The van der Waals surface area contributed by atoms with Crippen LogP contribution in [0.5, 0.6) is 0 Å². The number of nitrogens with one attached hydrogen (secondary N) is 1. The van der Waals surface area contributed by atoms with Crippen LogP contribution in [-0.2, 0) is 0 Å². The topological polar surface area (TPSA) is 62.2 Å². The number of amides is 1. The lowest BCUT2D eigenvalue weighted by Gasteiger charge is -2.16. The summed E-state index contributed by atoms with van der Waals surface area (Å²) in [5, 5.41) is 11.8. The van der Waals surface area contributed by atoms with Gasteiger partial charge in [0.2, 0.25) is 0 Å². The molecular weight excluding hydrogens is 252 g/mol. The van der Waals surface area contributed by atoms with Crippen LogP contribution in [0.25, 0.3) is 0 Å². The average molecular weight is 272 g/mol. The third kappa shape index (κ3) is 4.07. The monoisotopic (exact) mass is 272 g/mol. The van der Waals surface area contributed by atoms with E-state index in [0.29, 0.717) is 11.1 Å². The van der Waals surface area contributed by atoms with E-state index in [9.17, 15) is 4.79 Å². The number of rotatable bonds is 2.